The highest BCUT2D eigenvalue weighted by molar-refractivity contribution is 6.25. The van der Waals surface area contributed by atoms with E-state index in [9.17, 15) is 0 Å². The highest BCUT2D eigenvalue weighted by Gasteiger charge is 1.82. The lowest BCUT2D eigenvalue weighted by Gasteiger charge is -1.92. The lowest BCUT2D eigenvalue weighted by Crippen LogP contribution is -1.84. The first kappa shape index (κ1) is 9.81. The van der Waals surface area contributed by atoms with E-state index in [1.54, 1.807) is 12.3 Å². The van der Waals surface area contributed by atoms with Crippen molar-refractivity contribution in [3.05, 3.63) is 47.5 Å². The van der Waals surface area contributed by atoms with Crippen molar-refractivity contribution in [2.24, 2.45) is 5.16 Å². The molecule has 3 heteroatoms. The second-order valence-electron chi connectivity index (χ2n) is 2.30. The van der Waals surface area contributed by atoms with Crippen LogP contribution in [0.15, 0.2) is 47.1 Å². The van der Waals surface area contributed by atoms with Gasteiger partial charge in [-0.15, -0.1) is 0 Å². The van der Waals surface area contributed by atoms with Crippen molar-refractivity contribution in [3.63, 3.8) is 0 Å². The molecule has 0 spiro atoms. The van der Waals surface area contributed by atoms with Gasteiger partial charge in [-0.05, 0) is 11.6 Å². The predicted octanol–water partition coefficient (Wildman–Crippen LogP) is 2.79. The van der Waals surface area contributed by atoms with Gasteiger partial charge in [-0.25, -0.2) is 0 Å². The Labute approximate surface area is 82.5 Å². The zero-order valence-electron chi connectivity index (χ0n) is 7.06. The fraction of sp³-hybridized carbons (Fsp3) is 0.100. The maximum atomic E-state index is 5.29. The summed E-state index contributed by atoms with van der Waals surface area (Å²) < 4.78 is 0. The zero-order valence-corrected chi connectivity index (χ0v) is 7.82. The van der Waals surface area contributed by atoms with Gasteiger partial charge in [-0.2, -0.15) is 0 Å². The Balaban J connectivity index is 2.32. The van der Waals surface area contributed by atoms with Gasteiger partial charge in [-0.1, -0.05) is 47.1 Å². The van der Waals surface area contributed by atoms with E-state index in [0.29, 0.717) is 6.61 Å². The Hall–Kier alpha value is -1.28. The summed E-state index contributed by atoms with van der Waals surface area (Å²) in [5.74, 6) is 0. The highest BCUT2D eigenvalue weighted by atomic mass is 35.5. The van der Waals surface area contributed by atoms with E-state index in [2.05, 4.69) is 5.16 Å². The summed E-state index contributed by atoms with van der Waals surface area (Å²) in [5, 5.41) is 3.74. The molecule has 0 saturated carbocycles. The molecular weight excluding hydrogens is 186 g/mol. The van der Waals surface area contributed by atoms with Crippen molar-refractivity contribution in [1.29, 1.82) is 0 Å². The molecular formula is C10H10ClNO. The van der Waals surface area contributed by atoms with E-state index in [-0.39, 0.29) is 0 Å². The molecule has 68 valence electrons. The van der Waals surface area contributed by atoms with Gasteiger partial charge in [0.05, 0.1) is 6.21 Å². The predicted molar refractivity (Wildman–Crippen MR) is 55.0 cm³/mol. The van der Waals surface area contributed by atoms with Crippen LogP contribution >= 0.6 is 11.6 Å². The molecule has 0 radical (unpaired) electrons. The van der Waals surface area contributed by atoms with Crippen molar-refractivity contribution in [1.82, 2.24) is 0 Å². The third-order valence-electron chi connectivity index (χ3n) is 1.34. The van der Waals surface area contributed by atoms with Crippen molar-refractivity contribution >= 4 is 17.8 Å². The normalized spacial score (nSPS) is 11.2. The summed E-state index contributed by atoms with van der Waals surface area (Å²) in [4.78, 5) is 4.88. The fourth-order valence-electron chi connectivity index (χ4n) is 0.760. The first-order chi connectivity index (χ1) is 6.43. The maximum Gasteiger partial charge on any atom is 0.136 e. The molecule has 0 unspecified atom stereocenters. The lowest BCUT2D eigenvalue weighted by atomic mass is 10.2. The zero-order chi connectivity index (χ0) is 9.36. The molecule has 2 nitrogen and oxygen atoms in total. The molecule has 1 rings (SSSR count). The van der Waals surface area contributed by atoms with E-state index in [1.165, 1.54) is 5.54 Å². The van der Waals surface area contributed by atoms with Crippen LogP contribution in [0.4, 0.5) is 0 Å². The molecule has 1 aromatic rings. The number of hydrogen-bond acceptors (Lipinski definition) is 2. The van der Waals surface area contributed by atoms with Crippen LogP contribution in [0.5, 0.6) is 0 Å². The monoisotopic (exact) mass is 195 g/mol. The lowest BCUT2D eigenvalue weighted by molar-refractivity contribution is 0.176. The molecule has 0 bridgehead atoms. The van der Waals surface area contributed by atoms with Crippen molar-refractivity contribution < 1.29 is 4.84 Å². The highest BCUT2D eigenvalue weighted by Crippen LogP contribution is 1.94. The van der Waals surface area contributed by atoms with Crippen molar-refractivity contribution in [2.45, 2.75) is 0 Å². The number of oxime groups is 1. The molecule has 0 fully saturated rings. The average molecular weight is 196 g/mol. The van der Waals surface area contributed by atoms with Crippen LogP contribution in [0.25, 0.3) is 0 Å². The Bertz CT molecular complexity index is 282. The molecule has 0 aliphatic heterocycles. The summed E-state index contributed by atoms with van der Waals surface area (Å²) in [5.41, 5.74) is 2.41. The minimum atomic E-state index is 0.396. The van der Waals surface area contributed by atoms with E-state index in [4.69, 9.17) is 16.4 Å². The number of hydrogen-bond donors (Lipinski definition) is 0. The molecule has 0 aliphatic carbocycles. The third-order valence-corrected chi connectivity index (χ3v) is 1.51. The van der Waals surface area contributed by atoms with Crippen molar-refractivity contribution in [3.8, 4) is 0 Å². The molecule has 0 amide bonds. The van der Waals surface area contributed by atoms with E-state index < -0.39 is 0 Å². The quantitative estimate of drug-likeness (QED) is 0.411. The first-order valence-corrected chi connectivity index (χ1v) is 4.33. The Morgan fingerprint density at radius 3 is 2.77 bits per heavy atom. The fourth-order valence-corrected chi connectivity index (χ4v) is 0.832. The van der Waals surface area contributed by atoms with Gasteiger partial charge >= 0.3 is 0 Å². The van der Waals surface area contributed by atoms with Crippen LogP contribution < -0.4 is 0 Å². The minimum absolute atomic E-state index is 0.396. The van der Waals surface area contributed by atoms with Gasteiger partial charge in [0.15, 0.2) is 0 Å². The van der Waals surface area contributed by atoms with Gasteiger partial charge < -0.3 is 4.84 Å². The van der Waals surface area contributed by atoms with Crippen LogP contribution in [0.2, 0.25) is 0 Å². The van der Waals surface area contributed by atoms with Gasteiger partial charge in [-0.3, -0.25) is 0 Å². The molecule has 1 aromatic carbocycles. The Morgan fingerprint density at radius 2 is 2.08 bits per heavy atom. The average Bonchev–Trinajstić information content (AvgIpc) is 2.19. The summed E-state index contributed by atoms with van der Waals surface area (Å²) in [6.07, 6.45) is 3.33. The number of nitrogens with zero attached hydrogens (tertiary/aromatic N) is 1. The van der Waals surface area contributed by atoms with E-state index >= 15 is 0 Å². The second-order valence-corrected chi connectivity index (χ2v) is 2.55. The van der Waals surface area contributed by atoms with Crippen LogP contribution in [-0.2, 0) is 4.84 Å². The Kier molecular flexibility index (Phi) is 4.72. The van der Waals surface area contributed by atoms with Gasteiger partial charge in [0.25, 0.3) is 0 Å². The number of halogens is 1. The first-order valence-electron chi connectivity index (χ1n) is 3.89. The molecule has 0 aliphatic rings. The Morgan fingerprint density at radius 1 is 1.31 bits per heavy atom. The van der Waals surface area contributed by atoms with Gasteiger partial charge in [0, 0.05) is 5.54 Å². The van der Waals surface area contributed by atoms with Crippen LogP contribution in [0, 0.1) is 0 Å². The smallest absolute Gasteiger partial charge is 0.136 e. The van der Waals surface area contributed by atoms with Crippen LogP contribution in [0.1, 0.15) is 5.56 Å². The number of benzene rings is 1. The van der Waals surface area contributed by atoms with Crippen LogP contribution in [0.3, 0.4) is 0 Å². The van der Waals surface area contributed by atoms with E-state index in [0.717, 1.165) is 5.56 Å². The summed E-state index contributed by atoms with van der Waals surface area (Å²) in [7, 11) is 0. The molecule has 0 saturated heterocycles. The van der Waals surface area contributed by atoms with E-state index in [1.807, 2.05) is 30.3 Å². The molecule has 0 aromatic heterocycles. The van der Waals surface area contributed by atoms with Crippen molar-refractivity contribution in [2.75, 3.05) is 6.61 Å². The van der Waals surface area contributed by atoms with Gasteiger partial charge in [0.1, 0.15) is 6.61 Å². The number of rotatable bonds is 4. The maximum absolute atomic E-state index is 5.29. The summed E-state index contributed by atoms with van der Waals surface area (Å²) in [6.45, 7) is 0.396. The molecule has 0 N–H and O–H groups in total. The SMILES string of the molecule is ClC=CCON=Cc1ccccc1. The standard InChI is InChI=1S/C10H10ClNO/c11-7-4-8-13-12-9-10-5-2-1-3-6-10/h1-7,9H,8H2. The molecule has 0 atom stereocenters. The summed E-state index contributed by atoms with van der Waals surface area (Å²) >= 11 is 5.29. The topological polar surface area (TPSA) is 21.6 Å². The van der Waals surface area contributed by atoms with Crippen LogP contribution in [-0.4, -0.2) is 12.8 Å². The molecule has 0 heterocycles. The summed E-state index contributed by atoms with van der Waals surface area (Å²) in [6, 6.07) is 9.74. The third kappa shape index (κ3) is 4.33. The second kappa shape index (κ2) is 6.26. The van der Waals surface area contributed by atoms with Gasteiger partial charge in [0.2, 0.25) is 0 Å². The largest absolute Gasteiger partial charge is 0.392 e. The minimum Gasteiger partial charge on any atom is -0.392 e. The molecule has 13 heavy (non-hydrogen) atoms.